The van der Waals surface area contributed by atoms with Crippen LogP contribution in [0.15, 0.2) is 24.3 Å². The van der Waals surface area contributed by atoms with Crippen molar-refractivity contribution < 1.29 is 23.9 Å². The van der Waals surface area contributed by atoms with E-state index in [2.05, 4.69) is 0 Å². The second kappa shape index (κ2) is 6.76. The molecule has 0 saturated carbocycles. The first kappa shape index (κ1) is 16.9. The second-order valence-electron chi connectivity index (χ2n) is 5.77. The molecule has 1 heterocycles. The van der Waals surface area contributed by atoms with Gasteiger partial charge in [0.1, 0.15) is 11.7 Å². The summed E-state index contributed by atoms with van der Waals surface area (Å²) in [6, 6.07) is 5.52. The SMILES string of the molecule is CC(CN(C)C(=O)C1CCN(c2ccc(F)cc2)C1=O)C(=O)O. The first-order chi connectivity index (χ1) is 10.8. The quantitative estimate of drug-likeness (QED) is 0.830. The number of nitrogens with zero attached hydrogens (tertiary/aromatic N) is 2. The van der Waals surface area contributed by atoms with Crippen LogP contribution in [0.1, 0.15) is 13.3 Å². The molecule has 124 valence electrons. The Labute approximate surface area is 133 Å². The highest BCUT2D eigenvalue weighted by molar-refractivity contribution is 6.09. The average molecular weight is 322 g/mol. The predicted molar refractivity (Wildman–Crippen MR) is 81.3 cm³/mol. The van der Waals surface area contributed by atoms with Gasteiger partial charge < -0.3 is 14.9 Å². The summed E-state index contributed by atoms with van der Waals surface area (Å²) in [5.41, 5.74) is 0.549. The Hall–Kier alpha value is -2.44. The van der Waals surface area contributed by atoms with Gasteiger partial charge in [0, 0.05) is 25.8 Å². The Bertz CT molecular complexity index is 617. The summed E-state index contributed by atoms with van der Waals surface area (Å²) in [6.07, 6.45) is 0.362. The largest absolute Gasteiger partial charge is 0.481 e. The number of carbonyl (C=O) groups excluding carboxylic acids is 2. The van der Waals surface area contributed by atoms with Crippen molar-refractivity contribution in [3.63, 3.8) is 0 Å². The number of hydrogen-bond acceptors (Lipinski definition) is 3. The maximum absolute atomic E-state index is 13.0. The fourth-order valence-electron chi connectivity index (χ4n) is 2.63. The van der Waals surface area contributed by atoms with Crippen molar-refractivity contribution in [1.29, 1.82) is 0 Å². The number of hydrogen-bond donors (Lipinski definition) is 1. The number of halogens is 1. The highest BCUT2D eigenvalue weighted by Crippen LogP contribution is 2.26. The fraction of sp³-hybridized carbons (Fsp3) is 0.438. The molecule has 1 saturated heterocycles. The maximum atomic E-state index is 13.0. The molecule has 7 heteroatoms. The molecule has 1 aromatic carbocycles. The number of benzene rings is 1. The lowest BCUT2D eigenvalue weighted by molar-refractivity contribution is -0.143. The van der Waals surface area contributed by atoms with Gasteiger partial charge in [0.05, 0.1) is 5.92 Å². The van der Waals surface area contributed by atoms with E-state index in [1.165, 1.54) is 48.0 Å². The van der Waals surface area contributed by atoms with E-state index >= 15 is 0 Å². The average Bonchev–Trinajstić information content (AvgIpc) is 2.88. The van der Waals surface area contributed by atoms with Crippen LogP contribution in [0.4, 0.5) is 10.1 Å². The molecule has 2 atom stereocenters. The first-order valence-corrected chi connectivity index (χ1v) is 7.36. The highest BCUT2D eigenvalue weighted by atomic mass is 19.1. The molecule has 1 aromatic rings. The van der Waals surface area contributed by atoms with E-state index in [1.807, 2.05) is 0 Å². The van der Waals surface area contributed by atoms with E-state index in [0.717, 1.165) is 0 Å². The molecule has 1 aliphatic rings. The van der Waals surface area contributed by atoms with Crippen LogP contribution in [0.3, 0.4) is 0 Å². The van der Waals surface area contributed by atoms with Gasteiger partial charge in [-0.2, -0.15) is 0 Å². The van der Waals surface area contributed by atoms with Crippen LogP contribution in [-0.4, -0.2) is 47.9 Å². The Morgan fingerprint density at radius 2 is 2.00 bits per heavy atom. The molecular weight excluding hydrogens is 303 g/mol. The second-order valence-corrected chi connectivity index (χ2v) is 5.77. The normalized spacial score (nSPS) is 18.8. The summed E-state index contributed by atoms with van der Waals surface area (Å²) in [5.74, 6) is -3.62. The van der Waals surface area contributed by atoms with E-state index in [4.69, 9.17) is 5.11 Å². The van der Waals surface area contributed by atoms with Crippen molar-refractivity contribution in [2.45, 2.75) is 13.3 Å². The van der Waals surface area contributed by atoms with Crippen LogP contribution in [-0.2, 0) is 14.4 Å². The van der Waals surface area contributed by atoms with Crippen molar-refractivity contribution in [3.05, 3.63) is 30.1 Å². The van der Waals surface area contributed by atoms with Gasteiger partial charge in [0.15, 0.2) is 0 Å². The van der Waals surface area contributed by atoms with Crippen LogP contribution in [0.5, 0.6) is 0 Å². The molecule has 2 amide bonds. The van der Waals surface area contributed by atoms with Gasteiger partial charge in [-0.1, -0.05) is 6.92 Å². The molecule has 1 N–H and O–H groups in total. The van der Waals surface area contributed by atoms with E-state index in [-0.39, 0.29) is 18.4 Å². The van der Waals surface area contributed by atoms with E-state index in [1.54, 1.807) is 0 Å². The third kappa shape index (κ3) is 3.67. The Morgan fingerprint density at radius 1 is 1.39 bits per heavy atom. The minimum Gasteiger partial charge on any atom is -0.481 e. The van der Waals surface area contributed by atoms with E-state index in [0.29, 0.717) is 18.7 Å². The predicted octanol–water partition coefficient (Wildman–Crippen LogP) is 1.36. The monoisotopic (exact) mass is 322 g/mol. The summed E-state index contributed by atoms with van der Waals surface area (Å²) >= 11 is 0. The molecule has 1 aliphatic heterocycles. The van der Waals surface area contributed by atoms with Gasteiger partial charge in [-0.15, -0.1) is 0 Å². The molecule has 2 unspecified atom stereocenters. The molecule has 0 spiro atoms. The number of aliphatic carboxylic acids is 1. The standard InChI is InChI=1S/C16H19FN2O4/c1-10(16(22)23)9-18(2)14(20)13-7-8-19(15(13)21)12-5-3-11(17)4-6-12/h3-6,10,13H,7-9H2,1-2H3,(H,22,23). The molecule has 23 heavy (non-hydrogen) atoms. The van der Waals surface area contributed by atoms with Crippen molar-refractivity contribution in [3.8, 4) is 0 Å². The molecule has 1 fully saturated rings. The number of anilines is 1. The molecule has 0 aliphatic carbocycles. The Morgan fingerprint density at radius 3 is 2.57 bits per heavy atom. The van der Waals surface area contributed by atoms with Crippen LogP contribution in [0, 0.1) is 17.7 Å². The molecule has 0 radical (unpaired) electrons. The van der Waals surface area contributed by atoms with Gasteiger partial charge in [0.2, 0.25) is 11.8 Å². The fourth-order valence-corrected chi connectivity index (χ4v) is 2.63. The van der Waals surface area contributed by atoms with Gasteiger partial charge >= 0.3 is 5.97 Å². The van der Waals surface area contributed by atoms with Crippen LogP contribution in [0.25, 0.3) is 0 Å². The van der Waals surface area contributed by atoms with Crippen LogP contribution >= 0.6 is 0 Å². The molecular formula is C16H19FN2O4. The van der Waals surface area contributed by atoms with E-state index < -0.39 is 23.6 Å². The van der Waals surface area contributed by atoms with Crippen molar-refractivity contribution in [2.75, 3.05) is 25.0 Å². The zero-order chi connectivity index (χ0) is 17.1. The minimum absolute atomic E-state index is 0.0501. The van der Waals surface area contributed by atoms with Crippen LogP contribution < -0.4 is 4.90 Å². The van der Waals surface area contributed by atoms with E-state index in [9.17, 15) is 18.8 Å². The third-order valence-corrected chi connectivity index (χ3v) is 3.99. The Balaban J connectivity index is 2.04. The minimum atomic E-state index is -0.990. The molecule has 0 aromatic heterocycles. The number of carbonyl (C=O) groups is 3. The van der Waals surface area contributed by atoms with Crippen molar-refractivity contribution in [2.24, 2.45) is 11.8 Å². The highest BCUT2D eigenvalue weighted by Gasteiger charge is 2.39. The third-order valence-electron chi connectivity index (χ3n) is 3.99. The lowest BCUT2D eigenvalue weighted by Crippen LogP contribution is -2.40. The zero-order valence-electron chi connectivity index (χ0n) is 13.0. The summed E-state index contributed by atoms with van der Waals surface area (Å²) in [7, 11) is 1.50. The van der Waals surface area contributed by atoms with Gasteiger partial charge in [-0.3, -0.25) is 14.4 Å². The number of rotatable bonds is 5. The molecule has 6 nitrogen and oxygen atoms in total. The van der Waals surface area contributed by atoms with Crippen molar-refractivity contribution >= 4 is 23.5 Å². The Kier molecular flexibility index (Phi) is 4.98. The van der Waals surface area contributed by atoms with Gasteiger partial charge in [-0.25, -0.2) is 4.39 Å². The maximum Gasteiger partial charge on any atom is 0.308 e. The van der Waals surface area contributed by atoms with Gasteiger partial charge in [0.25, 0.3) is 0 Å². The molecule has 2 rings (SSSR count). The molecule has 0 bridgehead atoms. The first-order valence-electron chi connectivity index (χ1n) is 7.36. The number of carboxylic acids is 1. The lowest BCUT2D eigenvalue weighted by Gasteiger charge is -2.22. The lowest BCUT2D eigenvalue weighted by atomic mass is 10.1. The summed E-state index contributed by atoms with van der Waals surface area (Å²) in [4.78, 5) is 38.4. The number of carboxylic acid groups (broad SMARTS) is 1. The van der Waals surface area contributed by atoms with Crippen LogP contribution in [0.2, 0.25) is 0 Å². The zero-order valence-corrected chi connectivity index (χ0v) is 13.0. The summed E-state index contributed by atoms with van der Waals surface area (Å²) in [5, 5.41) is 8.90. The summed E-state index contributed by atoms with van der Waals surface area (Å²) < 4.78 is 13.0. The topological polar surface area (TPSA) is 77.9 Å². The number of amides is 2. The smallest absolute Gasteiger partial charge is 0.308 e. The summed E-state index contributed by atoms with van der Waals surface area (Å²) in [6.45, 7) is 1.94. The van der Waals surface area contributed by atoms with Gasteiger partial charge in [-0.05, 0) is 30.7 Å². The van der Waals surface area contributed by atoms with Crippen molar-refractivity contribution in [1.82, 2.24) is 4.90 Å².